The monoisotopic (exact) mass is 291 g/mol. The third-order valence-electron chi connectivity index (χ3n) is 3.92. The summed E-state index contributed by atoms with van der Waals surface area (Å²) in [7, 11) is 0. The van der Waals surface area contributed by atoms with Crippen molar-refractivity contribution in [3.63, 3.8) is 0 Å². The lowest BCUT2D eigenvalue weighted by Crippen LogP contribution is -2.45. The first-order chi connectivity index (χ1) is 9.92. The van der Waals surface area contributed by atoms with Crippen LogP contribution in [-0.4, -0.2) is 38.3 Å². The van der Waals surface area contributed by atoms with E-state index >= 15 is 0 Å². The second-order valence-corrected chi connectivity index (χ2v) is 6.82. The number of nitrogens with zero attached hydrogens (tertiary/aromatic N) is 5. The molecule has 1 aliphatic rings. The van der Waals surface area contributed by atoms with Gasteiger partial charge in [-0.2, -0.15) is 4.98 Å². The van der Waals surface area contributed by atoms with Crippen LogP contribution in [0.4, 0.5) is 0 Å². The molecule has 0 spiro atoms. The minimum Gasteiger partial charge on any atom is -0.380 e. The van der Waals surface area contributed by atoms with E-state index < -0.39 is 0 Å². The van der Waals surface area contributed by atoms with Gasteiger partial charge >= 0.3 is 0 Å². The first kappa shape index (κ1) is 14.2. The number of hydrogen-bond acceptors (Lipinski definition) is 6. The zero-order chi connectivity index (χ0) is 15.1. The van der Waals surface area contributed by atoms with Crippen molar-refractivity contribution in [3.8, 4) is 11.6 Å². The van der Waals surface area contributed by atoms with Crippen molar-refractivity contribution in [1.82, 2.24) is 25.1 Å². The van der Waals surface area contributed by atoms with Crippen LogP contribution in [0.25, 0.3) is 11.6 Å². The molecule has 0 N–H and O–H groups in total. The van der Waals surface area contributed by atoms with E-state index in [9.17, 15) is 0 Å². The predicted molar refractivity (Wildman–Crippen MR) is 75.6 cm³/mol. The highest BCUT2D eigenvalue weighted by Crippen LogP contribution is 2.33. The number of aromatic nitrogens is 5. The number of ether oxygens (including phenoxy) is 1. The molecular formula is C14H21N5O2. The van der Waals surface area contributed by atoms with E-state index in [4.69, 9.17) is 9.26 Å². The molecule has 3 heterocycles. The predicted octanol–water partition coefficient (Wildman–Crippen LogP) is 2.05. The van der Waals surface area contributed by atoms with Crippen molar-refractivity contribution in [1.29, 1.82) is 0 Å². The summed E-state index contributed by atoms with van der Waals surface area (Å²) in [5, 5.41) is 12.3. The second kappa shape index (κ2) is 4.91. The molecule has 0 unspecified atom stereocenters. The summed E-state index contributed by atoms with van der Waals surface area (Å²) in [5.41, 5.74) is 0.661. The summed E-state index contributed by atoms with van der Waals surface area (Å²) in [6, 6.07) is 0. The van der Waals surface area contributed by atoms with Gasteiger partial charge in [-0.15, -0.1) is 5.10 Å². The number of rotatable bonds is 4. The molecule has 1 aliphatic heterocycles. The molecule has 2 aromatic rings. The molecule has 7 heteroatoms. The van der Waals surface area contributed by atoms with Crippen LogP contribution in [0.3, 0.4) is 0 Å². The van der Waals surface area contributed by atoms with Gasteiger partial charge in [0.25, 0.3) is 5.89 Å². The fraction of sp³-hybridized carbons (Fsp3) is 0.714. The molecule has 0 bridgehead atoms. The lowest BCUT2D eigenvalue weighted by Gasteiger charge is -2.40. The Bertz CT molecular complexity index is 616. The van der Waals surface area contributed by atoms with Gasteiger partial charge in [-0.1, -0.05) is 38.1 Å². The first-order valence-corrected chi connectivity index (χ1v) is 7.24. The van der Waals surface area contributed by atoms with Gasteiger partial charge in [0.15, 0.2) is 11.5 Å². The second-order valence-electron chi connectivity index (χ2n) is 6.82. The molecule has 21 heavy (non-hydrogen) atoms. The van der Waals surface area contributed by atoms with Gasteiger partial charge in [0.05, 0.1) is 26.0 Å². The average molecular weight is 291 g/mol. The molecule has 0 saturated carbocycles. The zero-order valence-electron chi connectivity index (χ0n) is 13.0. The van der Waals surface area contributed by atoms with E-state index in [1.165, 1.54) is 0 Å². The minimum atomic E-state index is -0.146. The molecule has 0 amide bonds. The maximum Gasteiger partial charge on any atom is 0.280 e. The molecule has 7 nitrogen and oxygen atoms in total. The number of hydrogen-bond donors (Lipinski definition) is 0. The molecule has 0 aliphatic carbocycles. The Labute approximate surface area is 123 Å². The Morgan fingerprint density at radius 3 is 2.62 bits per heavy atom. The van der Waals surface area contributed by atoms with Crippen molar-refractivity contribution in [2.75, 3.05) is 13.2 Å². The lowest BCUT2D eigenvalue weighted by molar-refractivity contribution is -0.125. The minimum absolute atomic E-state index is 0.146. The van der Waals surface area contributed by atoms with Crippen LogP contribution in [0, 0.1) is 5.41 Å². The molecule has 1 fully saturated rings. The standard InChI is InChI=1S/C14H21N5O2/c1-5-14(8-20-9-14)7-19-6-10(16-18-19)11-15-12(17-21-11)13(2,3)4/h6H,5,7-9H2,1-4H3. The van der Waals surface area contributed by atoms with Crippen LogP contribution in [-0.2, 0) is 16.7 Å². The maximum absolute atomic E-state index is 5.33. The summed E-state index contributed by atoms with van der Waals surface area (Å²) in [4.78, 5) is 4.40. The van der Waals surface area contributed by atoms with Crippen molar-refractivity contribution in [2.24, 2.45) is 5.41 Å². The Morgan fingerprint density at radius 2 is 2.10 bits per heavy atom. The Morgan fingerprint density at radius 1 is 1.33 bits per heavy atom. The van der Waals surface area contributed by atoms with Gasteiger partial charge in [-0.3, -0.25) is 4.68 Å². The molecule has 0 aromatic carbocycles. The third kappa shape index (κ3) is 2.70. The van der Waals surface area contributed by atoms with Crippen LogP contribution in [0.1, 0.15) is 39.9 Å². The van der Waals surface area contributed by atoms with Crippen LogP contribution in [0.2, 0.25) is 0 Å². The third-order valence-corrected chi connectivity index (χ3v) is 3.92. The largest absolute Gasteiger partial charge is 0.380 e. The van der Waals surface area contributed by atoms with Gasteiger partial charge in [0.2, 0.25) is 0 Å². The maximum atomic E-state index is 5.33. The fourth-order valence-electron chi connectivity index (χ4n) is 2.25. The van der Waals surface area contributed by atoms with E-state index in [0.29, 0.717) is 17.4 Å². The summed E-state index contributed by atoms with van der Waals surface area (Å²) in [6.07, 6.45) is 2.92. The average Bonchev–Trinajstić information content (AvgIpc) is 3.01. The lowest BCUT2D eigenvalue weighted by atomic mass is 9.83. The molecule has 2 aromatic heterocycles. The van der Waals surface area contributed by atoms with Crippen molar-refractivity contribution in [3.05, 3.63) is 12.0 Å². The Balaban J connectivity index is 1.77. The zero-order valence-corrected chi connectivity index (χ0v) is 13.0. The summed E-state index contributed by atoms with van der Waals surface area (Å²) >= 11 is 0. The van der Waals surface area contributed by atoms with Crippen molar-refractivity contribution in [2.45, 2.75) is 46.1 Å². The molecule has 3 rings (SSSR count). The SMILES string of the molecule is CCC1(Cn2cc(-c3nc(C(C)(C)C)no3)nn2)COC1. The normalized spacial score (nSPS) is 17.7. The van der Waals surface area contributed by atoms with Gasteiger partial charge in [0.1, 0.15) is 0 Å². The van der Waals surface area contributed by atoms with Crippen molar-refractivity contribution >= 4 is 0 Å². The topological polar surface area (TPSA) is 78.9 Å². The van der Waals surface area contributed by atoms with E-state index in [0.717, 1.165) is 26.2 Å². The van der Waals surface area contributed by atoms with Gasteiger partial charge in [0, 0.05) is 10.8 Å². The summed E-state index contributed by atoms with van der Waals surface area (Å²) < 4.78 is 12.5. The van der Waals surface area contributed by atoms with E-state index in [-0.39, 0.29) is 10.8 Å². The smallest absolute Gasteiger partial charge is 0.280 e. The van der Waals surface area contributed by atoms with E-state index in [1.807, 2.05) is 31.6 Å². The molecule has 1 saturated heterocycles. The van der Waals surface area contributed by atoms with Crippen LogP contribution in [0.5, 0.6) is 0 Å². The Kier molecular flexibility index (Phi) is 3.32. The van der Waals surface area contributed by atoms with Gasteiger partial charge in [-0.05, 0) is 6.42 Å². The molecule has 114 valence electrons. The van der Waals surface area contributed by atoms with Crippen LogP contribution in [0.15, 0.2) is 10.7 Å². The summed E-state index contributed by atoms with van der Waals surface area (Å²) in [5.74, 6) is 1.09. The van der Waals surface area contributed by atoms with E-state index in [1.54, 1.807) is 0 Å². The summed E-state index contributed by atoms with van der Waals surface area (Å²) in [6.45, 7) is 10.7. The van der Waals surface area contributed by atoms with E-state index in [2.05, 4.69) is 27.4 Å². The highest BCUT2D eigenvalue weighted by Gasteiger charge is 2.37. The van der Waals surface area contributed by atoms with Gasteiger partial charge in [-0.25, -0.2) is 0 Å². The van der Waals surface area contributed by atoms with Crippen LogP contribution >= 0.6 is 0 Å². The highest BCUT2D eigenvalue weighted by molar-refractivity contribution is 5.43. The molecule has 0 atom stereocenters. The quantitative estimate of drug-likeness (QED) is 0.858. The van der Waals surface area contributed by atoms with Crippen LogP contribution < -0.4 is 0 Å². The Hall–Kier alpha value is -1.76. The molecular weight excluding hydrogens is 270 g/mol. The highest BCUT2D eigenvalue weighted by atomic mass is 16.5. The fourth-order valence-corrected chi connectivity index (χ4v) is 2.25. The van der Waals surface area contributed by atoms with Crippen molar-refractivity contribution < 1.29 is 9.26 Å². The first-order valence-electron chi connectivity index (χ1n) is 7.24. The molecule has 0 radical (unpaired) electrons. The van der Waals surface area contributed by atoms with Gasteiger partial charge < -0.3 is 9.26 Å².